The maximum atomic E-state index is 11.1. The van der Waals surface area contributed by atoms with Crippen molar-refractivity contribution in [3.63, 3.8) is 0 Å². The molecule has 1 unspecified atom stereocenters. The van der Waals surface area contributed by atoms with Crippen molar-refractivity contribution in [1.29, 1.82) is 0 Å². The number of aliphatic carboxylic acids is 1. The molecule has 1 aromatic carbocycles. The van der Waals surface area contributed by atoms with Gasteiger partial charge in [0.15, 0.2) is 0 Å². The minimum absolute atomic E-state index is 0.497. The molecule has 0 spiro atoms. The lowest BCUT2D eigenvalue weighted by atomic mass is 10.1. The number of carbonyl (C=O) groups is 1. The monoisotopic (exact) mass is 283 g/mol. The Labute approximate surface area is 118 Å². The van der Waals surface area contributed by atoms with Crippen LogP contribution >= 0.6 is 11.8 Å². The molecule has 0 bridgehead atoms. The Morgan fingerprint density at radius 3 is 2.95 bits per heavy atom. The van der Waals surface area contributed by atoms with Crippen LogP contribution in [0, 0.1) is 0 Å². The Kier molecular flexibility index (Phi) is 7.36. The summed E-state index contributed by atoms with van der Waals surface area (Å²) in [6, 6.07) is 7.21. The molecular weight excluding hydrogens is 262 g/mol. The Bertz CT molecular complexity index is 398. The van der Waals surface area contributed by atoms with Gasteiger partial charge in [0.2, 0.25) is 0 Å². The highest BCUT2D eigenvalue weighted by atomic mass is 32.2. The lowest BCUT2D eigenvalue weighted by Gasteiger charge is -2.14. The summed E-state index contributed by atoms with van der Waals surface area (Å²) < 4.78 is 5.42. The van der Waals surface area contributed by atoms with Gasteiger partial charge in [-0.2, -0.15) is 11.8 Å². The second kappa shape index (κ2) is 8.82. The third kappa shape index (κ3) is 5.98. The molecule has 0 aliphatic carbocycles. The fourth-order valence-electron chi connectivity index (χ4n) is 1.70. The smallest absolute Gasteiger partial charge is 0.320 e. The van der Waals surface area contributed by atoms with Crippen molar-refractivity contribution in [2.75, 3.05) is 18.6 Å². The van der Waals surface area contributed by atoms with Gasteiger partial charge in [-0.25, -0.2) is 0 Å². The summed E-state index contributed by atoms with van der Waals surface area (Å²) in [6.45, 7) is 3.10. The molecule has 1 aromatic rings. The highest BCUT2D eigenvalue weighted by Crippen LogP contribution is 2.13. The van der Waals surface area contributed by atoms with Crippen molar-refractivity contribution in [1.82, 2.24) is 5.32 Å². The number of carboxylic acids is 1. The van der Waals surface area contributed by atoms with Crippen molar-refractivity contribution in [3.8, 4) is 5.75 Å². The topological polar surface area (TPSA) is 58.6 Å². The van der Waals surface area contributed by atoms with E-state index in [1.807, 2.05) is 37.4 Å². The van der Waals surface area contributed by atoms with Gasteiger partial charge >= 0.3 is 5.97 Å². The molecule has 0 saturated carbocycles. The highest BCUT2D eigenvalue weighted by molar-refractivity contribution is 7.98. The zero-order valence-corrected chi connectivity index (χ0v) is 12.2. The Hall–Kier alpha value is -1.20. The number of benzene rings is 1. The van der Waals surface area contributed by atoms with Gasteiger partial charge in [0.25, 0.3) is 0 Å². The lowest BCUT2D eigenvalue weighted by Crippen LogP contribution is -2.36. The maximum Gasteiger partial charge on any atom is 0.320 e. The quantitative estimate of drug-likeness (QED) is 0.728. The predicted molar refractivity (Wildman–Crippen MR) is 78.9 cm³/mol. The van der Waals surface area contributed by atoms with E-state index in [4.69, 9.17) is 9.84 Å². The van der Waals surface area contributed by atoms with Crippen LogP contribution in [0.15, 0.2) is 24.3 Å². The number of carboxylic acid groups (broad SMARTS) is 1. The van der Waals surface area contributed by atoms with Crippen LogP contribution in [0.25, 0.3) is 0 Å². The lowest BCUT2D eigenvalue weighted by molar-refractivity contribution is -0.139. The first-order chi connectivity index (χ1) is 9.17. The van der Waals surface area contributed by atoms with Crippen LogP contribution in [0.1, 0.15) is 18.9 Å². The van der Waals surface area contributed by atoms with Crippen molar-refractivity contribution < 1.29 is 14.6 Å². The number of rotatable bonds is 9. The summed E-state index contributed by atoms with van der Waals surface area (Å²) in [5.74, 6) is 0.857. The first kappa shape index (κ1) is 15.9. The number of nitrogens with one attached hydrogen (secondary N) is 1. The molecule has 0 fully saturated rings. The number of thioether (sulfide) groups is 1. The maximum absolute atomic E-state index is 11.1. The average Bonchev–Trinajstić information content (AvgIpc) is 2.39. The molecule has 4 nitrogen and oxygen atoms in total. The van der Waals surface area contributed by atoms with Crippen LogP contribution < -0.4 is 10.1 Å². The fourth-order valence-corrected chi connectivity index (χ4v) is 2.17. The molecule has 106 valence electrons. The minimum atomic E-state index is -0.796. The first-order valence-electron chi connectivity index (χ1n) is 6.34. The van der Waals surface area contributed by atoms with Crippen LogP contribution in [0.2, 0.25) is 0 Å². The van der Waals surface area contributed by atoms with Crippen LogP contribution in [-0.4, -0.2) is 35.7 Å². The summed E-state index contributed by atoms with van der Waals surface area (Å²) in [5, 5.41) is 12.2. The molecule has 19 heavy (non-hydrogen) atoms. The number of hydrogen-bond donors (Lipinski definition) is 2. The van der Waals surface area contributed by atoms with E-state index in [0.717, 1.165) is 17.1 Å². The molecule has 1 rings (SSSR count). The second-order valence-corrected chi connectivity index (χ2v) is 5.12. The zero-order chi connectivity index (χ0) is 14.1. The van der Waals surface area contributed by atoms with Gasteiger partial charge in [0, 0.05) is 6.54 Å². The van der Waals surface area contributed by atoms with Crippen molar-refractivity contribution in [3.05, 3.63) is 29.8 Å². The van der Waals surface area contributed by atoms with Crippen molar-refractivity contribution in [2.45, 2.75) is 25.9 Å². The molecule has 1 atom stereocenters. The van der Waals surface area contributed by atoms with E-state index in [0.29, 0.717) is 19.6 Å². The van der Waals surface area contributed by atoms with Gasteiger partial charge in [0.1, 0.15) is 11.8 Å². The molecule has 0 radical (unpaired) electrons. The molecule has 0 heterocycles. The Morgan fingerprint density at radius 2 is 2.32 bits per heavy atom. The normalized spacial score (nSPS) is 12.1. The molecule has 2 N–H and O–H groups in total. The largest absolute Gasteiger partial charge is 0.494 e. The SMILES string of the molecule is CCOc1cccc(CNC(CCSC)C(=O)O)c1. The summed E-state index contributed by atoms with van der Waals surface area (Å²) >= 11 is 1.65. The highest BCUT2D eigenvalue weighted by Gasteiger charge is 2.15. The average molecular weight is 283 g/mol. The van der Waals surface area contributed by atoms with E-state index >= 15 is 0 Å². The molecule has 0 aliphatic heterocycles. The number of hydrogen-bond acceptors (Lipinski definition) is 4. The number of ether oxygens (including phenoxy) is 1. The van der Waals surface area contributed by atoms with E-state index in [-0.39, 0.29) is 0 Å². The van der Waals surface area contributed by atoms with Crippen LogP contribution in [0.3, 0.4) is 0 Å². The van der Waals surface area contributed by atoms with E-state index in [1.54, 1.807) is 11.8 Å². The standard InChI is InChI=1S/C14H21NO3S/c1-3-18-12-6-4-5-11(9-12)10-15-13(14(16)17)7-8-19-2/h4-6,9,13,15H,3,7-8,10H2,1-2H3,(H,16,17). The van der Waals surface area contributed by atoms with E-state index in [2.05, 4.69) is 5.32 Å². The summed E-state index contributed by atoms with van der Waals surface area (Å²) in [6.07, 6.45) is 2.60. The third-order valence-corrected chi connectivity index (χ3v) is 3.31. The fraction of sp³-hybridized carbons (Fsp3) is 0.500. The van der Waals surface area contributed by atoms with Crippen molar-refractivity contribution >= 4 is 17.7 Å². The van der Waals surface area contributed by atoms with Gasteiger partial charge < -0.3 is 15.2 Å². The zero-order valence-electron chi connectivity index (χ0n) is 11.4. The van der Waals surface area contributed by atoms with E-state index in [1.165, 1.54) is 0 Å². The van der Waals surface area contributed by atoms with E-state index in [9.17, 15) is 4.79 Å². The minimum Gasteiger partial charge on any atom is -0.494 e. The van der Waals surface area contributed by atoms with Gasteiger partial charge in [-0.05, 0) is 43.0 Å². The molecule has 5 heteroatoms. The van der Waals surface area contributed by atoms with E-state index < -0.39 is 12.0 Å². The predicted octanol–water partition coefficient (Wildman–Crippen LogP) is 2.38. The summed E-state index contributed by atoms with van der Waals surface area (Å²) in [7, 11) is 0. The van der Waals surface area contributed by atoms with Gasteiger partial charge in [-0.15, -0.1) is 0 Å². The van der Waals surface area contributed by atoms with Gasteiger partial charge in [-0.1, -0.05) is 12.1 Å². The summed E-state index contributed by atoms with van der Waals surface area (Å²) in [4.78, 5) is 11.1. The molecule has 0 aliphatic rings. The summed E-state index contributed by atoms with van der Waals surface area (Å²) in [5.41, 5.74) is 1.03. The second-order valence-electron chi connectivity index (χ2n) is 4.13. The van der Waals surface area contributed by atoms with Crippen molar-refractivity contribution in [2.24, 2.45) is 0 Å². The Morgan fingerprint density at radius 1 is 1.53 bits per heavy atom. The van der Waals surface area contributed by atoms with Crippen LogP contribution in [-0.2, 0) is 11.3 Å². The first-order valence-corrected chi connectivity index (χ1v) is 7.73. The van der Waals surface area contributed by atoms with Crippen LogP contribution in [0.5, 0.6) is 5.75 Å². The van der Waals surface area contributed by atoms with Gasteiger partial charge in [0.05, 0.1) is 6.61 Å². The van der Waals surface area contributed by atoms with Crippen LogP contribution in [0.4, 0.5) is 0 Å². The third-order valence-electron chi connectivity index (χ3n) is 2.67. The Balaban J connectivity index is 2.53. The molecule has 0 aromatic heterocycles. The molecular formula is C14H21NO3S. The molecule has 0 amide bonds. The van der Waals surface area contributed by atoms with Gasteiger partial charge in [-0.3, -0.25) is 4.79 Å². The molecule has 0 saturated heterocycles.